The number of amides is 1. The van der Waals surface area contributed by atoms with Gasteiger partial charge in [0.2, 0.25) is 0 Å². The number of rotatable bonds is 5. The van der Waals surface area contributed by atoms with Crippen molar-refractivity contribution < 1.29 is 4.79 Å². The van der Waals surface area contributed by atoms with E-state index in [1.54, 1.807) is 0 Å². The number of benzene rings is 1. The van der Waals surface area contributed by atoms with Crippen LogP contribution >= 0.6 is 11.6 Å². The molecule has 0 radical (unpaired) electrons. The fraction of sp³-hybridized carbons (Fsp3) is 0.562. The molecule has 4 nitrogen and oxygen atoms in total. The Labute approximate surface area is 132 Å². The van der Waals surface area contributed by atoms with Crippen LogP contribution in [0.3, 0.4) is 0 Å². The Morgan fingerprint density at radius 1 is 1.14 bits per heavy atom. The number of carbonyl (C=O) groups is 1. The van der Waals surface area contributed by atoms with E-state index in [0.717, 1.165) is 50.4 Å². The van der Waals surface area contributed by atoms with E-state index >= 15 is 0 Å². The summed E-state index contributed by atoms with van der Waals surface area (Å²) in [5, 5.41) is 0. The van der Waals surface area contributed by atoms with Gasteiger partial charge in [0, 0.05) is 50.7 Å². The van der Waals surface area contributed by atoms with Crippen molar-refractivity contribution in [1.82, 2.24) is 14.7 Å². The molecule has 1 heterocycles. The molecule has 1 aromatic carbocycles. The van der Waals surface area contributed by atoms with E-state index in [4.69, 9.17) is 11.6 Å². The molecule has 1 saturated heterocycles. The molecule has 1 fully saturated rings. The Morgan fingerprint density at radius 2 is 1.76 bits per heavy atom. The van der Waals surface area contributed by atoms with Crippen molar-refractivity contribution in [3.05, 3.63) is 35.4 Å². The number of alkyl halides is 1. The van der Waals surface area contributed by atoms with Crippen molar-refractivity contribution in [1.29, 1.82) is 0 Å². The zero-order valence-corrected chi connectivity index (χ0v) is 13.6. The second-order valence-electron chi connectivity index (χ2n) is 5.77. The highest BCUT2D eigenvalue weighted by molar-refractivity contribution is 6.17. The third kappa shape index (κ3) is 4.70. The maximum absolute atomic E-state index is 12.4. The topological polar surface area (TPSA) is 26.8 Å². The van der Waals surface area contributed by atoms with E-state index in [9.17, 15) is 4.79 Å². The van der Waals surface area contributed by atoms with Gasteiger partial charge in [-0.05, 0) is 31.8 Å². The number of carbonyl (C=O) groups excluding carboxylic acids is 1. The van der Waals surface area contributed by atoms with Gasteiger partial charge in [0.1, 0.15) is 0 Å². The Bertz CT molecular complexity index is 453. The number of hydrogen-bond donors (Lipinski definition) is 0. The molecule has 0 saturated carbocycles. The van der Waals surface area contributed by atoms with Crippen LogP contribution in [0.2, 0.25) is 0 Å². The van der Waals surface area contributed by atoms with Crippen LogP contribution in [0.5, 0.6) is 0 Å². The predicted octanol–water partition coefficient (Wildman–Crippen LogP) is 1.74. The molecule has 1 aliphatic rings. The van der Waals surface area contributed by atoms with Gasteiger partial charge < -0.3 is 9.80 Å². The van der Waals surface area contributed by atoms with E-state index in [1.165, 1.54) is 0 Å². The van der Waals surface area contributed by atoms with Gasteiger partial charge in [-0.3, -0.25) is 9.69 Å². The van der Waals surface area contributed by atoms with E-state index in [-0.39, 0.29) is 5.91 Å². The van der Waals surface area contributed by atoms with Crippen molar-refractivity contribution in [2.75, 3.05) is 53.4 Å². The van der Waals surface area contributed by atoms with Crippen molar-refractivity contribution >= 4 is 17.5 Å². The first kappa shape index (κ1) is 16.3. The lowest BCUT2D eigenvalue weighted by Gasteiger charge is -2.35. The Hall–Kier alpha value is -1.10. The Kier molecular flexibility index (Phi) is 6.03. The highest BCUT2D eigenvalue weighted by atomic mass is 35.5. The molecule has 1 aromatic rings. The number of halogens is 1. The minimum Gasteiger partial charge on any atom is -0.336 e. The van der Waals surface area contributed by atoms with E-state index in [0.29, 0.717) is 5.88 Å². The van der Waals surface area contributed by atoms with Crippen LogP contribution in [0, 0.1) is 0 Å². The fourth-order valence-electron chi connectivity index (χ4n) is 2.43. The molecule has 0 spiro atoms. The largest absolute Gasteiger partial charge is 0.336 e. The normalized spacial score (nSPS) is 16.5. The molecule has 5 heteroatoms. The van der Waals surface area contributed by atoms with Crippen molar-refractivity contribution in [3.63, 3.8) is 0 Å². The maximum Gasteiger partial charge on any atom is 0.253 e. The van der Waals surface area contributed by atoms with Crippen LogP contribution in [0.25, 0.3) is 0 Å². The van der Waals surface area contributed by atoms with Gasteiger partial charge in [-0.1, -0.05) is 12.1 Å². The third-order valence-corrected chi connectivity index (χ3v) is 4.19. The molecule has 0 bridgehead atoms. The summed E-state index contributed by atoms with van der Waals surface area (Å²) in [6, 6.07) is 7.60. The highest BCUT2D eigenvalue weighted by Gasteiger charge is 2.21. The molecule has 0 unspecified atom stereocenters. The summed E-state index contributed by atoms with van der Waals surface area (Å²) in [5.41, 5.74) is 1.80. The quantitative estimate of drug-likeness (QED) is 0.775. The maximum atomic E-state index is 12.4. The van der Waals surface area contributed by atoms with E-state index < -0.39 is 0 Å². The summed E-state index contributed by atoms with van der Waals surface area (Å²) in [6.07, 6.45) is 0. The summed E-state index contributed by atoms with van der Waals surface area (Å²) in [7, 11) is 4.18. The molecule has 0 aliphatic carbocycles. The summed E-state index contributed by atoms with van der Waals surface area (Å²) in [4.78, 5) is 19.0. The predicted molar refractivity (Wildman–Crippen MR) is 86.9 cm³/mol. The van der Waals surface area contributed by atoms with Crippen LogP contribution in [-0.4, -0.2) is 74.0 Å². The fourth-order valence-corrected chi connectivity index (χ4v) is 2.61. The highest BCUT2D eigenvalue weighted by Crippen LogP contribution is 2.11. The number of piperazine rings is 1. The number of likely N-dealkylation sites (N-methyl/N-ethyl adjacent to an activating group) is 1. The van der Waals surface area contributed by atoms with Crippen molar-refractivity contribution in [2.45, 2.75) is 5.88 Å². The van der Waals surface area contributed by atoms with Crippen LogP contribution in [0.15, 0.2) is 24.3 Å². The molecular formula is C16H24ClN3O. The monoisotopic (exact) mass is 309 g/mol. The van der Waals surface area contributed by atoms with Crippen LogP contribution in [0.4, 0.5) is 0 Å². The van der Waals surface area contributed by atoms with Gasteiger partial charge in [0.25, 0.3) is 5.91 Å². The standard InChI is InChI=1S/C16H24ClN3O/c1-18(2)7-8-19-9-11-20(12-10-19)16(21)15-5-3-14(13-17)4-6-15/h3-6H,7-13H2,1-2H3. The molecule has 1 amide bonds. The summed E-state index contributed by atoms with van der Waals surface area (Å²) >= 11 is 5.77. The van der Waals surface area contributed by atoms with E-state index in [1.807, 2.05) is 29.2 Å². The van der Waals surface area contributed by atoms with Gasteiger partial charge in [-0.2, -0.15) is 0 Å². The SMILES string of the molecule is CN(C)CCN1CCN(C(=O)c2ccc(CCl)cc2)CC1. The van der Waals surface area contributed by atoms with Crippen molar-refractivity contribution in [2.24, 2.45) is 0 Å². The lowest BCUT2D eigenvalue weighted by molar-refractivity contribution is 0.0630. The first-order valence-electron chi connectivity index (χ1n) is 7.41. The lowest BCUT2D eigenvalue weighted by Crippen LogP contribution is -2.49. The minimum atomic E-state index is 0.128. The van der Waals surface area contributed by atoms with Gasteiger partial charge in [-0.25, -0.2) is 0 Å². The third-order valence-electron chi connectivity index (χ3n) is 3.88. The van der Waals surface area contributed by atoms with Gasteiger partial charge >= 0.3 is 0 Å². The lowest BCUT2D eigenvalue weighted by atomic mass is 10.1. The minimum absolute atomic E-state index is 0.128. The molecule has 0 aromatic heterocycles. The van der Waals surface area contributed by atoms with Crippen molar-refractivity contribution in [3.8, 4) is 0 Å². The molecular weight excluding hydrogens is 286 g/mol. The second kappa shape index (κ2) is 7.78. The summed E-state index contributed by atoms with van der Waals surface area (Å²) in [5.74, 6) is 0.613. The molecule has 21 heavy (non-hydrogen) atoms. The molecule has 0 atom stereocenters. The summed E-state index contributed by atoms with van der Waals surface area (Å²) in [6.45, 7) is 5.67. The average Bonchev–Trinajstić information content (AvgIpc) is 2.53. The molecule has 116 valence electrons. The van der Waals surface area contributed by atoms with Gasteiger partial charge in [-0.15, -0.1) is 11.6 Å². The molecule has 1 aliphatic heterocycles. The molecule has 0 N–H and O–H groups in total. The smallest absolute Gasteiger partial charge is 0.253 e. The van der Waals surface area contributed by atoms with Crippen LogP contribution in [0.1, 0.15) is 15.9 Å². The van der Waals surface area contributed by atoms with E-state index in [2.05, 4.69) is 23.9 Å². The Morgan fingerprint density at radius 3 is 2.29 bits per heavy atom. The first-order valence-corrected chi connectivity index (χ1v) is 7.95. The number of hydrogen-bond acceptors (Lipinski definition) is 3. The number of nitrogens with zero attached hydrogens (tertiary/aromatic N) is 3. The molecule has 2 rings (SSSR count). The average molecular weight is 310 g/mol. The van der Waals surface area contributed by atoms with Gasteiger partial charge in [0.15, 0.2) is 0 Å². The zero-order chi connectivity index (χ0) is 15.2. The second-order valence-corrected chi connectivity index (χ2v) is 6.03. The Balaban J connectivity index is 1.84. The van der Waals surface area contributed by atoms with Crippen LogP contribution in [-0.2, 0) is 5.88 Å². The zero-order valence-electron chi connectivity index (χ0n) is 12.9. The van der Waals surface area contributed by atoms with Gasteiger partial charge in [0.05, 0.1) is 0 Å². The van der Waals surface area contributed by atoms with Crippen LogP contribution < -0.4 is 0 Å². The first-order chi connectivity index (χ1) is 10.1. The summed E-state index contributed by atoms with van der Waals surface area (Å²) < 4.78 is 0.